The lowest BCUT2D eigenvalue weighted by atomic mass is 10.1. The molecule has 0 N–H and O–H groups in total. The molecule has 0 spiro atoms. The Morgan fingerprint density at radius 2 is 1.55 bits per heavy atom. The largest absolute Gasteiger partial charge is 0.489 e. The first-order chi connectivity index (χ1) is 16.0. The van der Waals surface area contributed by atoms with Gasteiger partial charge in [-0.3, -0.25) is 0 Å². The molecule has 0 aliphatic rings. The summed E-state index contributed by atoms with van der Waals surface area (Å²) >= 11 is 12.9. The second-order valence-electron chi connectivity index (χ2n) is 6.39. The molecule has 3 rings (SSSR count). The maximum absolute atomic E-state index is 11.9. The van der Waals surface area contributed by atoms with Crippen molar-refractivity contribution in [2.24, 2.45) is 0 Å². The van der Waals surface area contributed by atoms with Gasteiger partial charge in [-0.15, -0.1) is 23.2 Å². The molecule has 9 heteroatoms. The monoisotopic (exact) mass is 550 g/mol. The van der Waals surface area contributed by atoms with Crippen LogP contribution in [-0.4, -0.2) is 28.9 Å². The highest BCUT2D eigenvalue weighted by molar-refractivity contribution is 9.10. The molecule has 33 heavy (non-hydrogen) atoms. The number of rotatable bonds is 8. The molecule has 0 saturated carbocycles. The topological polar surface area (TPSA) is 81.2 Å². The molecule has 0 aliphatic heterocycles. The summed E-state index contributed by atoms with van der Waals surface area (Å²) in [5.74, 6) is 0.383. The maximum atomic E-state index is 11.9. The third-order valence-electron chi connectivity index (χ3n) is 4.24. The van der Waals surface area contributed by atoms with E-state index in [1.807, 2.05) is 54.6 Å². The van der Waals surface area contributed by atoms with Crippen LogP contribution in [0.25, 0.3) is 5.53 Å². The number of esters is 1. The fourth-order valence-electron chi connectivity index (χ4n) is 2.70. The van der Waals surface area contributed by atoms with Crippen LogP contribution >= 0.6 is 39.1 Å². The van der Waals surface area contributed by atoms with Gasteiger partial charge in [-0.1, -0.05) is 58.4 Å². The first-order valence-corrected chi connectivity index (χ1v) is 11.5. The molecule has 0 amide bonds. The molecule has 0 atom stereocenters. The minimum absolute atomic E-state index is 0.194. The van der Waals surface area contributed by atoms with Crippen molar-refractivity contribution < 1.29 is 23.8 Å². The van der Waals surface area contributed by atoms with Gasteiger partial charge in [0.15, 0.2) is 0 Å². The molecule has 0 aromatic heterocycles. The second-order valence-corrected chi connectivity index (χ2v) is 8.11. The SMILES string of the molecule is COC(=O)C(=[N+]=[N-])c1cc(Br)ccc1OCc1ccc(OCc2ccccc2)cc1.ClCCl. The van der Waals surface area contributed by atoms with Gasteiger partial charge in [0.25, 0.3) is 0 Å². The van der Waals surface area contributed by atoms with Crippen molar-refractivity contribution in [3.8, 4) is 11.5 Å². The Morgan fingerprint density at radius 1 is 0.939 bits per heavy atom. The predicted octanol–water partition coefficient (Wildman–Crippen LogP) is 6.22. The van der Waals surface area contributed by atoms with Crippen LogP contribution in [0.1, 0.15) is 16.7 Å². The minimum Gasteiger partial charge on any atom is -0.489 e. The van der Waals surface area contributed by atoms with Gasteiger partial charge in [0.2, 0.25) is 0 Å². The highest BCUT2D eigenvalue weighted by Crippen LogP contribution is 2.25. The van der Waals surface area contributed by atoms with Gasteiger partial charge in [-0.25, -0.2) is 4.79 Å². The number of halogens is 3. The Kier molecular flexibility index (Phi) is 11.5. The van der Waals surface area contributed by atoms with E-state index in [0.717, 1.165) is 16.9 Å². The zero-order valence-corrected chi connectivity index (χ0v) is 20.8. The zero-order valence-electron chi connectivity index (χ0n) is 17.7. The van der Waals surface area contributed by atoms with Gasteiger partial charge in [-0.2, -0.15) is 4.79 Å². The summed E-state index contributed by atoms with van der Waals surface area (Å²) in [7, 11) is 1.22. The van der Waals surface area contributed by atoms with Crippen molar-refractivity contribution in [3.63, 3.8) is 0 Å². The van der Waals surface area contributed by atoms with Crippen molar-refractivity contribution in [2.45, 2.75) is 13.2 Å². The van der Waals surface area contributed by atoms with Crippen molar-refractivity contribution in [2.75, 3.05) is 12.4 Å². The van der Waals surface area contributed by atoms with E-state index in [0.29, 0.717) is 22.4 Å². The van der Waals surface area contributed by atoms with Gasteiger partial charge >= 0.3 is 11.7 Å². The average Bonchev–Trinajstić information content (AvgIpc) is 2.84. The summed E-state index contributed by atoms with van der Waals surface area (Å²) in [5, 5.41) is 0.194. The molecule has 6 nitrogen and oxygen atoms in total. The molecule has 172 valence electrons. The van der Waals surface area contributed by atoms with Crippen LogP contribution in [0.3, 0.4) is 0 Å². The molecule has 0 unspecified atom stereocenters. The van der Waals surface area contributed by atoms with E-state index in [2.05, 4.69) is 25.5 Å². The normalized spacial score (nSPS) is 9.70. The lowest BCUT2D eigenvalue weighted by Crippen LogP contribution is -2.19. The van der Waals surface area contributed by atoms with E-state index >= 15 is 0 Å². The molecule has 0 bridgehead atoms. The second kappa shape index (κ2) is 14.3. The number of hydrogen-bond acceptors (Lipinski definition) is 4. The van der Waals surface area contributed by atoms with E-state index in [1.54, 1.807) is 18.2 Å². The van der Waals surface area contributed by atoms with E-state index in [9.17, 15) is 10.3 Å². The van der Waals surface area contributed by atoms with Gasteiger partial charge in [0.05, 0.1) is 12.4 Å². The highest BCUT2D eigenvalue weighted by atomic mass is 79.9. The number of carbonyl (C=O) groups is 1. The summed E-state index contributed by atoms with van der Waals surface area (Å²) in [4.78, 5) is 15.0. The zero-order chi connectivity index (χ0) is 24.1. The van der Waals surface area contributed by atoms with E-state index < -0.39 is 5.97 Å². The molecule has 0 radical (unpaired) electrons. The van der Waals surface area contributed by atoms with E-state index in [4.69, 9.17) is 32.7 Å². The van der Waals surface area contributed by atoms with Crippen molar-refractivity contribution in [3.05, 3.63) is 99.5 Å². The number of hydrogen-bond donors (Lipinski definition) is 0. The standard InChI is InChI=1S/C23H19BrN2O4.CH2Cl2/c1-28-23(27)22(26-25)20-13-18(24)9-12-21(20)30-15-17-7-10-19(11-8-17)29-14-16-5-3-2-4-6-16;2-1-3/h2-13H,14-15H2,1H3;1H2. The summed E-state index contributed by atoms with van der Waals surface area (Å²) in [6.07, 6.45) is 0. The predicted molar refractivity (Wildman–Crippen MR) is 132 cm³/mol. The van der Waals surface area contributed by atoms with Crippen LogP contribution in [0.2, 0.25) is 0 Å². The minimum atomic E-state index is -0.764. The molecule has 0 heterocycles. The van der Waals surface area contributed by atoms with Crippen molar-refractivity contribution >= 4 is 50.8 Å². The molecular weight excluding hydrogens is 531 g/mol. The number of ether oxygens (including phenoxy) is 3. The number of carbonyl (C=O) groups excluding carboxylic acids is 1. The van der Waals surface area contributed by atoms with Crippen LogP contribution in [0, 0.1) is 0 Å². The first-order valence-electron chi connectivity index (χ1n) is 9.63. The van der Waals surface area contributed by atoms with Crippen LogP contribution in [-0.2, 0) is 22.7 Å². The Hall–Kier alpha value is -2.83. The van der Waals surface area contributed by atoms with Crippen molar-refractivity contribution in [1.82, 2.24) is 0 Å². The first kappa shape index (κ1) is 26.4. The molecule has 0 aliphatic carbocycles. The third-order valence-corrected chi connectivity index (χ3v) is 4.73. The summed E-state index contributed by atoms with van der Waals surface area (Å²) in [6.45, 7) is 0.753. The summed E-state index contributed by atoms with van der Waals surface area (Å²) < 4.78 is 17.0. The number of alkyl halides is 2. The number of benzene rings is 3. The van der Waals surface area contributed by atoms with Crippen LogP contribution in [0.15, 0.2) is 77.3 Å². The Balaban J connectivity index is 0.00000122. The van der Waals surface area contributed by atoms with Crippen LogP contribution < -0.4 is 9.47 Å². The molecule has 3 aromatic carbocycles. The number of methoxy groups -OCH3 is 1. The number of nitrogens with zero attached hydrogens (tertiary/aromatic N) is 2. The Bertz CT molecular complexity index is 1090. The average molecular weight is 552 g/mol. The molecule has 0 fully saturated rings. The maximum Gasteiger partial charge on any atom is 0.422 e. The third kappa shape index (κ3) is 8.56. The fraction of sp³-hybridized carbons (Fsp3) is 0.167. The van der Waals surface area contributed by atoms with E-state index in [-0.39, 0.29) is 17.7 Å². The molecule has 3 aromatic rings. The smallest absolute Gasteiger partial charge is 0.422 e. The van der Waals surface area contributed by atoms with Gasteiger partial charge in [0, 0.05) is 4.47 Å². The molecule has 0 saturated heterocycles. The Labute approximate surface area is 210 Å². The lowest BCUT2D eigenvalue weighted by Gasteiger charge is -2.11. The quantitative estimate of drug-likeness (QED) is 0.109. The lowest BCUT2D eigenvalue weighted by molar-refractivity contribution is -0.137. The summed E-state index contributed by atoms with van der Waals surface area (Å²) in [5.41, 5.74) is 11.3. The molecular formula is C24H21BrCl2N2O4. The van der Waals surface area contributed by atoms with Crippen molar-refractivity contribution in [1.29, 1.82) is 0 Å². The van der Waals surface area contributed by atoms with Crippen LogP contribution in [0.4, 0.5) is 0 Å². The highest BCUT2D eigenvalue weighted by Gasteiger charge is 2.28. The van der Waals surface area contributed by atoms with E-state index in [1.165, 1.54) is 7.11 Å². The van der Waals surface area contributed by atoms with Gasteiger partial charge < -0.3 is 19.7 Å². The van der Waals surface area contributed by atoms with Gasteiger partial charge in [0.1, 0.15) is 30.3 Å². The fourth-order valence-corrected chi connectivity index (χ4v) is 3.06. The summed E-state index contributed by atoms with van der Waals surface area (Å²) in [6, 6.07) is 22.6. The Morgan fingerprint density at radius 3 is 2.15 bits per heavy atom. The van der Waals surface area contributed by atoms with Gasteiger partial charge in [-0.05, 0) is 41.5 Å². The van der Waals surface area contributed by atoms with Crippen LogP contribution in [0.5, 0.6) is 11.5 Å².